The Morgan fingerprint density at radius 3 is 2.50 bits per heavy atom. The monoisotopic (exact) mass is 418 g/mol. The van der Waals surface area contributed by atoms with E-state index < -0.39 is 28.4 Å². The van der Waals surface area contributed by atoms with E-state index in [1.807, 2.05) is 6.92 Å². The van der Waals surface area contributed by atoms with Crippen LogP contribution in [0.1, 0.15) is 25.3 Å². The Bertz CT molecular complexity index is 1380. The van der Waals surface area contributed by atoms with Gasteiger partial charge in [-0.25, -0.2) is 15.0 Å². The molecule has 0 saturated carbocycles. The molecule has 13 nitrogen and oxygen atoms in total. The zero-order valence-electron chi connectivity index (χ0n) is 17.0. The van der Waals surface area contributed by atoms with Crippen molar-refractivity contribution in [1.29, 1.82) is 0 Å². The highest BCUT2D eigenvalue weighted by Crippen LogP contribution is 2.13. The van der Waals surface area contributed by atoms with Gasteiger partial charge in [-0.05, 0) is 6.42 Å². The predicted molar refractivity (Wildman–Crippen MR) is 110 cm³/mol. The summed E-state index contributed by atoms with van der Waals surface area (Å²) in [6.45, 7) is 2.17. The fourth-order valence-electron chi connectivity index (χ4n) is 2.99. The molecule has 0 unspecified atom stereocenters. The van der Waals surface area contributed by atoms with Crippen LogP contribution in [0, 0.1) is 0 Å². The molecule has 0 bridgehead atoms. The number of aromatic amines is 1. The maximum Gasteiger partial charge on any atom is 0.332 e. The van der Waals surface area contributed by atoms with Gasteiger partial charge in [0, 0.05) is 27.7 Å². The molecule has 0 aromatic carbocycles. The van der Waals surface area contributed by atoms with Gasteiger partial charge in [0.05, 0.1) is 6.21 Å². The van der Waals surface area contributed by atoms with Crippen molar-refractivity contribution >= 4 is 23.3 Å². The number of imidazole rings is 1. The summed E-state index contributed by atoms with van der Waals surface area (Å²) in [7, 11) is 4.42. The SMILES string of the molecule is CCCCn1c(O)c(/C=N/Nc2nc3c(c(=O)n(C)c(=O)n3C)n2C)c(=O)[nH]c1=O. The minimum absolute atomic E-state index is 0.134. The number of hydrazone groups is 1. The van der Waals surface area contributed by atoms with Crippen molar-refractivity contribution in [3.8, 4) is 5.88 Å². The summed E-state index contributed by atoms with van der Waals surface area (Å²) >= 11 is 0. The Labute approximate surface area is 168 Å². The molecular formula is C17H22N8O5. The van der Waals surface area contributed by atoms with Gasteiger partial charge in [0.1, 0.15) is 5.56 Å². The summed E-state index contributed by atoms with van der Waals surface area (Å²) in [6, 6.07) is 0. The van der Waals surface area contributed by atoms with Crippen molar-refractivity contribution in [2.24, 2.45) is 26.2 Å². The van der Waals surface area contributed by atoms with Crippen molar-refractivity contribution in [1.82, 2.24) is 28.2 Å². The summed E-state index contributed by atoms with van der Waals surface area (Å²) < 4.78 is 4.67. The first-order valence-corrected chi connectivity index (χ1v) is 9.16. The second kappa shape index (κ2) is 7.85. The number of nitrogens with zero attached hydrogens (tertiary/aromatic N) is 6. The van der Waals surface area contributed by atoms with E-state index in [9.17, 15) is 24.3 Å². The first-order valence-electron chi connectivity index (χ1n) is 9.16. The zero-order valence-corrected chi connectivity index (χ0v) is 17.0. The maximum atomic E-state index is 12.4. The number of anilines is 1. The van der Waals surface area contributed by atoms with Crippen molar-refractivity contribution < 1.29 is 5.11 Å². The number of rotatable bonds is 6. The third kappa shape index (κ3) is 3.33. The van der Waals surface area contributed by atoms with Gasteiger partial charge in [-0.15, -0.1) is 0 Å². The smallest absolute Gasteiger partial charge is 0.332 e. The van der Waals surface area contributed by atoms with Crippen LogP contribution in [-0.2, 0) is 27.7 Å². The number of aryl methyl sites for hydroxylation is 2. The molecule has 0 amide bonds. The molecule has 0 saturated heterocycles. The van der Waals surface area contributed by atoms with Gasteiger partial charge in [-0.2, -0.15) is 10.1 Å². The molecule has 3 rings (SSSR count). The number of hydrogen-bond acceptors (Lipinski definition) is 8. The molecule has 30 heavy (non-hydrogen) atoms. The second-order valence-electron chi connectivity index (χ2n) is 6.74. The zero-order chi connectivity index (χ0) is 22.2. The van der Waals surface area contributed by atoms with E-state index in [1.54, 1.807) is 7.05 Å². The van der Waals surface area contributed by atoms with E-state index in [0.717, 1.165) is 21.8 Å². The molecule has 0 atom stereocenters. The van der Waals surface area contributed by atoms with Crippen LogP contribution in [0.3, 0.4) is 0 Å². The van der Waals surface area contributed by atoms with E-state index in [4.69, 9.17) is 0 Å². The quantitative estimate of drug-likeness (QED) is 0.334. The Kier molecular flexibility index (Phi) is 5.45. The fourth-order valence-corrected chi connectivity index (χ4v) is 2.99. The van der Waals surface area contributed by atoms with Crippen LogP contribution in [0.15, 0.2) is 24.3 Å². The molecule has 0 spiro atoms. The van der Waals surface area contributed by atoms with Gasteiger partial charge in [0.2, 0.25) is 11.8 Å². The summed E-state index contributed by atoms with van der Waals surface area (Å²) in [5.74, 6) is -0.362. The highest BCUT2D eigenvalue weighted by Gasteiger charge is 2.17. The Balaban J connectivity index is 2.01. The number of H-pyrrole nitrogens is 1. The average Bonchev–Trinajstić information content (AvgIpc) is 3.03. The molecule has 0 fully saturated rings. The minimum Gasteiger partial charge on any atom is -0.494 e. The van der Waals surface area contributed by atoms with Crippen LogP contribution in [0.5, 0.6) is 5.88 Å². The maximum absolute atomic E-state index is 12.4. The van der Waals surface area contributed by atoms with E-state index in [-0.39, 0.29) is 29.2 Å². The molecule has 13 heteroatoms. The topological polar surface area (TPSA) is 161 Å². The summed E-state index contributed by atoms with van der Waals surface area (Å²) in [5.41, 5.74) is 0.186. The predicted octanol–water partition coefficient (Wildman–Crippen LogP) is -1.23. The van der Waals surface area contributed by atoms with Crippen LogP contribution in [0.2, 0.25) is 0 Å². The Hall–Kier alpha value is -3.90. The lowest BCUT2D eigenvalue weighted by Crippen LogP contribution is -2.37. The first-order chi connectivity index (χ1) is 14.2. The van der Waals surface area contributed by atoms with E-state index in [1.165, 1.54) is 23.2 Å². The minimum atomic E-state index is -0.794. The number of nitrogens with one attached hydrogen (secondary N) is 2. The third-order valence-electron chi connectivity index (χ3n) is 4.78. The lowest BCUT2D eigenvalue weighted by Gasteiger charge is -2.08. The lowest BCUT2D eigenvalue weighted by atomic mass is 10.3. The first kappa shape index (κ1) is 20.8. The van der Waals surface area contributed by atoms with E-state index in [2.05, 4.69) is 20.5 Å². The molecule has 160 valence electrons. The molecule has 0 aliphatic rings. The molecule has 3 heterocycles. The molecule has 3 aromatic heterocycles. The molecule has 0 aliphatic carbocycles. The second-order valence-corrected chi connectivity index (χ2v) is 6.74. The van der Waals surface area contributed by atoms with Crippen LogP contribution in [0.4, 0.5) is 5.95 Å². The van der Waals surface area contributed by atoms with Crippen LogP contribution >= 0.6 is 0 Å². The van der Waals surface area contributed by atoms with Gasteiger partial charge >= 0.3 is 11.4 Å². The van der Waals surface area contributed by atoms with Gasteiger partial charge in [0.15, 0.2) is 11.2 Å². The lowest BCUT2D eigenvalue weighted by molar-refractivity contribution is 0.394. The summed E-state index contributed by atoms with van der Waals surface area (Å²) in [4.78, 5) is 54.7. The fraction of sp³-hybridized carbons (Fsp3) is 0.412. The number of aromatic nitrogens is 6. The normalized spacial score (nSPS) is 11.6. The number of fused-ring (bicyclic) bond motifs is 1. The summed E-state index contributed by atoms with van der Waals surface area (Å²) in [6.07, 6.45) is 2.49. The molecule has 0 radical (unpaired) electrons. The number of hydrogen-bond donors (Lipinski definition) is 3. The highest BCUT2D eigenvalue weighted by molar-refractivity contribution is 5.82. The van der Waals surface area contributed by atoms with Gasteiger partial charge in [0.25, 0.3) is 11.1 Å². The van der Waals surface area contributed by atoms with Gasteiger partial charge in [-0.1, -0.05) is 13.3 Å². The van der Waals surface area contributed by atoms with Crippen LogP contribution in [0.25, 0.3) is 11.2 Å². The van der Waals surface area contributed by atoms with Crippen LogP contribution in [-0.4, -0.2) is 39.6 Å². The third-order valence-corrected chi connectivity index (χ3v) is 4.78. The van der Waals surface area contributed by atoms with Crippen molar-refractivity contribution in [3.63, 3.8) is 0 Å². The Morgan fingerprint density at radius 1 is 1.13 bits per heavy atom. The largest absolute Gasteiger partial charge is 0.494 e. The van der Waals surface area contributed by atoms with E-state index in [0.29, 0.717) is 6.42 Å². The number of aromatic hydroxyl groups is 1. The molecule has 3 aromatic rings. The van der Waals surface area contributed by atoms with Gasteiger partial charge < -0.3 is 9.67 Å². The van der Waals surface area contributed by atoms with Gasteiger partial charge in [-0.3, -0.25) is 28.3 Å². The average molecular weight is 418 g/mol. The standard InChI is InChI=1S/C17H22N8O5/c1-5-6-7-25-13(27)9(12(26)20-16(25)29)8-18-21-15-19-11-10(22(15)2)14(28)24(4)17(30)23(11)3/h8,27H,5-7H2,1-4H3,(H,19,21)(H,20,26,29)/b18-8+. The molecule has 3 N–H and O–H groups in total. The van der Waals surface area contributed by atoms with Crippen molar-refractivity contribution in [2.45, 2.75) is 26.3 Å². The summed E-state index contributed by atoms with van der Waals surface area (Å²) in [5, 5.41) is 14.2. The Morgan fingerprint density at radius 2 is 1.83 bits per heavy atom. The van der Waals surface area contributed by atoms with Crippen LogP contribution < -0.4 is 27.9 Å². The van der Waals surface area contributed by atoms with E-state index >= 15 is 0 Å². The van der Waals surface area contributed by atoms with Crippen molar-refractivity contribution in [3.05, 3.63) is 47.2 Å². The van der Waals surface area contributed by atoms with Crippen molar-refractivity contribution in [2.75, 3.05) is 5.43 Å². The number of unbranched alkanes of at least 4 members (excludes halogenated alkanes) is 1. The highest BCUT2D eigenvalue weighted by atomic mass is 16.3. The molecular weight excluding hydrogens is 396 g/mol. The molecule has 0 aliphatic heterocycles.